The standard InChI is InChI=1S/C8H6SSe/c9-8-7-4-2-1-3-6(7)5-10-8/h1-4H,5H2. The third kappa shape index (κ3) is 0.929. The van der Waals surface area contributed by atoms with Gasteiger partial charge in [0.15, 0.2) is 0 Å². The molecule has 0 saturated heterocycles. The summed E-state index contributed by atoms with van der Waals surface area (Å²) in [5.41, 5.74) is 2.78. The van der Waals surface area contributed by atoms with Crippen molar-refractivity contribution in [3.05, 3.63) is 35.4 Å². The molecule has 0 amide bonds. The third-order valence-electron chi connectivity index (χ3n) is 1.60. The molecule has 0 radical (unpaired) electrons. The molecule has 0 bridgehead atoms. The zero-order valence-electron chi connectivity index (χ0n) is 5.33. The predicted molar refractivity (Wildman–Crippen MR) is 47.6 cm³/mol. The first-order chi connectivity index (χ1) is 4.88. The van der Waals surface area contributed by atoms with Crippen LogP contribution in [-0.2, 0) is 5.32 Å². The molecule has 0 unspecified atom stereocenters. The van der Waals surface area contributed by atoms with E-state index >= 15 is 0 Å². The molecule has 0 nitrogen and oxygen atoms in total. The molecule has 2 rings (SSSR count). The van der Waals surface area contributed by atoms with Crippen LogP contribution in [0.1, 0.15) is 11.1 Å². The van der Waals surface area contributed by atoms with Crippen molar-refractivity contribution in [3.8, 4) is 0 Å². The van der Waals surface area contributed by atoms with Crippen molar-refractivity contribution in [2.24, 2.45) is 0 Å². The van der Waals surface area contributed by atoms with Crippen LogP contribution in [0.15, 0.2) is 24.3 Å². The Hall–Kier alpha value is -0.171. The van der Waals surface area contributed by atoms with Crippen molar-refractivity contribution < 1.29 is 0 Å². The van der Waals surface area contributed by atoms with E-state index < -0.39 is 0 Å². The quantitative estimate of drug-likeness (QED) is 0.465. The van der Waals surface area contributed by atoms with Crippen LogP contribution in [0.3, 0.4) is 0 Å². The Morgan fingerprint density at radius 1 is 1.30 bits per heavy atom. The minimum atomic E-state index is 0.568. The van der Waals surface area contributed by atoms with Crippen LogP contribution in [0.5, 0.6) is 0 Å². The minimum absolute atomic E-state index is 0.568. The van der Waals surface area contributed by atoms with Gasteiger partial charge in [-0.05, 0) is 0 Å². The molecule has 0 N–H and O–H groups in total. The number of thiocarbonyl (C=S) groups is 1. The van der Waals surface area contributed by atoms with Gasteiger partial charge in [0.1, 0.15) is 0 Å². The number of rotatable bonds is 0. The van der Waals surface area contributed by atoms with Crippen LogP contribution in [0.4, 0.5) is 0 Å². The van der Waals surface area contributed by atoms with E-state index in [1.807, 2.05) is 0 Å². The molecule has 1 heterocycles. The molecule has 0 fully saturated rings. The summed E-state index contributed by atoms with van der Waals surface area (Å²) in [5, 5.41) is 1.21. The van der Waals surface area contributed by atoms with Gasteiger partial charge in [-0.3, -0.25) is 0 Å². The Balaban J connectivity index is 2.61. The van der Waals surface area contributed by atoms with Gasteiger partial charge < -0.3 is 0 Å². The van der Waals surface area contributed by atoms with Gasteiger partial charge >= 0.3 is 71.6 Å². The van der Waals surface area contributed by atoms with Crippen LogP contribution in [0, 0.1) is 0 Å². The molecule has 1 aliphatic heterocycles. The fourth-order valence-corrected chi connectivity index (χ4v) is 3.45. The van der Waals surface area contributed by atoms with Gasteiger partial charge in [0.05, 0.1) is 0 Å². The Labute approximate surface area is 71.8 Å². The monoisotopic (exact) mass is 214 g/mol. The molecule has 0 aliphatic carbocycles. The average molecular weight is 213 g/mol. The summed E-state index contributed by atoms with van der Waals surface area (Å²) in [6, 6.07) is 8.46. The maximum absolute atomic E-state index is 5.20. The fourth-order valence-electron chi connectivity index (χ4n) is 1.07. The average Bonchev–Trinajstić information content (AvgIpc) is 2.34. The summed E-state index contributed by atoms with van der Waals surface area (Å²) in [7, 11) is 0. The van der Waals surface area contributed by atoms with E-state index in [9.17, 15) is 0 Å². The molecular weight excluding hydrogens is 207 g/mol. The SMILES string of the molecule is S=C1[Se]Cc2ccccc21. The first-order valence-electron chi connectivity index (χ1n) is 3.13. The second-order valence-electron chi connectivity index (χ2n) is 2.23. The topological polar surface area (TPSA) is 0 Å². The van der Waals surface area contributed by atoms with E-state index in [0.717, 1.165) is 0 Å². The maximum atomic E-state index is 5.20. The van der Waals surface area contributed by atoms with Crippen molar-refractivity contribution >= 4 is 30.9 Å². The Kier molecular flexibility index (Phi) is 1.61. The fraction of sp³-hybridized carbons (Fsp3) is 0.125. The zero-order valence-corrected chi connectivity index (χ0v) is 7.86. The molecule has 50 valence electrons. The van der Waals surface area contributed by atoms with Crippen LogP contribution >= 0.6 is 12.2 Å². The number of fused-ring (bicyclic) bond motifs is 1. The molecule has 1 aliphatic rings. The van der Waals surface area contributed by atoms with Crippen LogP contribution in [0.25, 0.3) is 0 Å². The van der Waals surface area contributed by atoms with E-state index in [1.165, 1.54) is 20.2 Å². The van der Waals surface area contributed by atoms with E-state index in [1.54, 1.807) is 0 Å². The zero-order chi connectivity index (χ0) is 6.97. The molecular formula is C8H6SSe. The molecule has 1 aromatic carbocycles. The van der Waals surface area contributed by atoms with Crippen molar-refractivity contribution in [3.63, 3.8) is 0 Å². The van der Waals surface area contributed by atoms with E-state index in [4.69, 9.17) is 12.2 Å². The normalized spacial score (nSPS) is 15.4. The van der Waals surface area contributed by atoms with Gasteiger partial charge in [0.25, 0.3) is 0 Å². The molecule has 1 aromatic rings. The summed E-state index contributed by atoms with van der Waals surface area (Å²) in [5.74, 6) is 0. The van der Waals surface area contributed by atoms with Crippen molar-refractivity contribution in [2.75, 3.05) is 0 Å². The van der Waals surface area contributed by atoms with Crippen LogP contribution in [-0.4, -0.2) is 18.7 Å². The molecule has 0 aromatic heterocycles. The van der Waals surface area contributed by atoms with E-state index in [0.29, 0.717) is 15.0 Å². The first-order valence-corrected chi connectivity index (χ1v) is 5.60. The molecule has 0 saturated carbocycles. The van der Waals surface area contributed by atoms with Gasteiger partial charge in [-0.1, -0.05) is 0 Å². The van der Waals surface area contributed by atoms with Gasteiger partial charge in [0.2, 0.25) is 0 Å². The predicted octanol–water partition coefficient (Wildman–Crippen LogP) is 1.58. The van der Waals surface area contributed by atoms with Gasteiger partial charge in [-0.2, -0.15) is 0 Å². The Morgan fingerprint density at radius 3 is 2.90 bits per heavy atom. The number of benzene rings is 1. The van der Waals surface area contributed by atoms with Crippen molar-refractivity contribution in [1.82, 2.24) is 0 Å². The van der Waals surface area contributed by atoms with Gasteiger partial charge in [0, 0.05) is 0 Å². The summed E-state index contributed by atoms with van der Waals surface area (Å²) in [4.78, 5) is 0. The molecule has 0 atom stereocenters. The second kappa shape index (κ2) is 2.46. The van der Waals surface area contributed by atoms with Crippen LogP contribution in [0.2, 0.25) is 0 Å². The second-order valence-corrected chi connectivity index (χ2v) is 5.29. The van der Waals surface area contributed by atoms with Gasteiger partial charge in [-0.25, -0.2) is 0 Å². The van der Waals surface area contributed by atoms with E-state index in [2.05, 4.69) is 24.3 Å². The van der Waals surface area contributed by atoms with E-state index in [-0.39, 0.29) is 0 Å². The van der Waals surface area contributed by atoms with Gasteiger partial charge in [-0.15, -0.1) is 0 Å². The molecule has 10 heavy (non-hydrogen) atoms. The summed E-state index contributed by atoms with van der Waals surface area (Å²) in [6.07, 6.45) is 0. The van der Waals surface area contributed by atoms with Crippen molar-refractivity contribution in [2.45, 2.75) is 5.32 Å². The van der Waals surface area contributed by atoms with Crippen LogP contribution < -0.4 is 0 Å². The first kappa shape index (κ1) is 6.53. The third-order valence-corrected chi connectivity index (χ3v) is 4.40. The molecule has 0 spiro atoms. The molecule has 2 heteroatoms. The Morgan fingerprint density at radius 2 is 2.10 bits per heavy atom. The van der Waals surface area contributed by atoms with Crippen molar-refractivity contribution in [1.29, 1.82) is 0 Å². The summed E-state index contributed by atoms with van der Waals surface area (Å²) >= 11 is 5.77. The number of hydrogen-bond donors (Lipinski definition) is 0. The number of hydrogen-bond acceptors (Lipinski definition) is 1. The summed E-state index contributed by atoms with van der Waals surface area (Å²) in [6.45, 7) is 0. The summed E-state index contributed by atoms with van der Waals surface area (Å²) < 4.78 is 1.20. The Bertz CT molecular complexity index is 280.